The Bertz CT molecular complexity index is 311. The molecule has 18 heavy (non-hydrogen) atoms. The van der Waals surface area contributed by atoms with Gasteiger partial charge in [0.1, 0.15) is 5.82 Å². The fourth-order valence-corrected chi connectivity index (χ4v) is 1.37. The number of aliphatic imine (C=N–C) groups is 1. The van der Waals surface area contributed by atoms with Crippen molar-refractivity contribution in [1.82, 2.24) is 20.9 Å². The fourth-order valence-electron chi connectivity index (χ4n) is 1.37. The minimum atomic E-state index is 0.601. The molecule has 0 heterocycles. The van der Waals surface area contributed by atoms with Gasteiger partial charge in [0, 0.05) is 32.0 Å². The SMILES string of the molecule is C=C(/N=C\N(C)CN/C=C(\CC)NC)NC1CC1. The van der Waals surface area contributed by atoms with Crippen LogP contribution in [0.5, 0.6) is 0 Å². The predicted octanol–water partition coefficient (Wildman–Crippen LogP) is 1.19. The Morgan fingerprint density at radius 3 is 2.78 bits per heavy atom. The molecular formula is C13H25N5. The lowest BCUT2D eigenvalue weighted by Crippen LogP contribution is -2.28. The molecule has 0 saturated heterocycles. The lowest BCUT2D eigenvalue weighted by Gasteiger charge is -2.14. The number of hydrogen-bond donors (Lipinski definition) is 3. The second kappa shape index (κ2) is 7.63. The van der Waals surface area contributed by atoms with Gasteiger partial charge >= 0.3 is 0 Å². The van der Waals surface area contributed by atoms with Gasteiger partial charge in [-0.05, 0) is 19.3 Å². The Morgan fingerprint density at radius 2 is 2.22 bits per heavy atom. The van der Waals surface area contributed by atoms with Crippen LogP contribution in [0.1, 0.15) is 26.2 Å². The molecule has 0 aromatic heterocycles. The Hall–Kier alpha value is -1.65. The molecule has 1 rings (SSSR count). The number of allylic oxidation sites excluding steroid dienone is 1. The van der Waals surface area contributed by atoms with Crippen LogP contribution in [0, 0.1) is 0 Å². The number of rotatable bonds is 9. The molecule has 0 bridgehead atoms. The number of hydrogen-bond acceptors (Lipinski definition) is 4. The average molecular weight is 251 g/mol. The molecule has 1 fully saturated rings. The molecule has 0 atom stereocenters. The summed E-state index contributed by atoms with van der Waals surface area (Å²) in [7, 11) is 3.90. The molecular weight excluding hydrogens is 226 g/mol. The third-order valence-electron chi connectivity index (χ3n) is 2.68. The Morgan fingerprint density at radius 1 is 1.50 bits per heavy atom. The van der Waals surface area contributed by atoms with Gasteiger partial charge in [0.15, 0.2) is 0 Å². The summed E-state index contributed by atoms with van der Waals surface area (Å²) in [6, 6.07) is 0.601. The van der Waals surface area contributed by atoms with E-state index in [1.807, 2.05) is 25.2 Å². The van der Waals surface area contributed by atoms with E-state index in [1.165, 1.54) is 18.5 Å². The summed E-state index contributed by atoms with van der Waals surface area (Å²) >= 11 is 0. The first-order valence-corrected chi connectivity index (χ1v) is 6.45. The Kier molecular flexibility index (Phi) is 6.11. The molecule has 0 spiro atoms. The van der Waals surface area contributed by atoms with Gasteiger partial charge in [-0.3, -0.25) is 0 Å². The van der Waals surface area contributed by atoms with Gasteiger partial charge in [-0.1, -0.05) is 13.5 Å². The standard InChI is InChI=1S/C13H25N5/c1-5-12(14-3)8-15-9-18(4)10-16-11(2)17-13-6-7-13/h8,10,13-15,17H,2,5-7,9H2,1,3-4H3/b12-8+,16-10-. The van der Waals surface area contributed by atoms with Gasteiger partial charge in [-0.25, -0.2) is 4.99 Å². The van der Waals surface area contributed by atoms with Crippen LogP contribution in [-0.2, 0) is 0 Å². The van der Waals surface area contributed by atoms with Crippen LogP contribution in [0.25, 0.3) is 0 Å². The van der Waals surface area contributed by atoms with Crippen molar-refractivity contribution in [2.45, 2.75) is 32.2 Å². The fraction of sp³-hybridized carbons (Fsp3) is 0.615. The Balaban J connectivity index is 2.19. The summed E-state index contributed by atoms with van der Waals surface area (Å²) in [6.45, 7) is 6.69. The van der Waals surface area contributed by atoms with Crippen LogP contribution in [0.3, 0.4) is 0 Å². The molecule has 0 aromatic carbocycles. The maximum Gasteiger partial charge on any atom is 0.120 e. The first-order valence-electron chi connectivity index (χ1n) is 6.45. The average Bonchev–Trinajstić information content (AvgIpc) is 3.16. The van der Waals surface area contributed by atoms with Crippen molar-refractivity contribution in [3.8, 4) is 0 Å². The normalized spacial score (nSPS) is 15.6. The maximum atomic E-state index is 4.26. The zero-order chi connectivity index (χ0) is 13.4. The van der Waals surface area contributed by atoms with Gasteiger partial charge in [-0.2, -0.15) is 0 Å². The van der Waals surface area contributed by atoms with Crippen molar-refractivity contribution in [1.29, 1.82) is 0 Å². The quantitative estimate of drug-likeness (QED) is 0.327. The van der Waals surface area contributed by atoms with Crippen LogP contribution in [-0.4, -0.2) is 38.0 Å². The molecule has 0 amide bonds. The van der Waals surface area contributed by atoms with Crippen LogP contribution >= 0.6 is 0 Å². The van der Waals surface area contributed by atoms with E-state index in [1.54, 1.807) is 6.34 Å². The molecule has 102 valence electrons. The third-order valence-corrected chi connectivity index (χ3v) is 2.68. The molecule has 0 unspecified atom stereocenters. The number of nitrogens with one attached hydrogen (secondary N) is 3. The zero-order valence-electron chi connectivity index (χ0n) is 11.7. The summed E-state index contributed by atoms with van der Waals surface area (Å²) in [6.07, 6.45) is 7.23. The smallest absolute Gasteiger partial charge is 0.120 e. The minimum absolute atomic E-state index is 0.601. The second-order valence-corrected chi connectivity index (χ2v) is 4.50. The summed E-state index contributed by atoms with van der Waals surface area (Å²) < 4.78 is 0. The largest absolute Gasteiger partial charge is 0.390 e. The topological polar surface area (TPSA) is 51.7 Å². The van der Waals surface area contributed by atoms with E-state index in [9.17, 15) is 0 Å². The number of nitrogens with zero attached hydrogens (tertiary/aromatic N) is 2. The predicted molar refractivity (Wildman–Crippen MR) is 77.0 cm³/mol. The molecule has 0 aromatic rings. The molecule has 1 aliphatic rings. The molecule has 1 saturated carbocycles. The van der Waals surface area contributed by atoms with Crippen molar-refractivity contribution in [3.63, 3.8) is 0 Å². The van der Waals surface area contributed by atoms with Crippen molar-refractivity contribution in [3.05, 3.63) is 24.3 Å². The zero-order valence-corrected chi connectivity index (χ0v) is 11.7. The minimum Gasteiger partial charge on any atom is -0.390 e. The summed E-state index contributed by atoms with van der Waals surface area (Å²) in [5, 5.41) is 9.59. The van der Waals surface area contributed by atoms with E-state index < -0.39 is 0 Å². The van der Waals surface area contributed by atoms with Gasteiger partial charge in [0.05, 0.1) is 13.0 Å². The highest BCUT2D eigenvalue weighted by Gasteiger charge is 2.20. The van der Waals surface area contributed by atoms with E-state index >= 15 is 0 Å². The van der Waals surface area contributed by atoms with E-state index in [0.717, 1.165) is 12.2 Å². The maximum absolute atomic E-state index is 4.26. The Labute approximate surface area is 110 Å². The second-order valence-electron chi connectivity index (χ2n) is 4.50. The van der Waals surface area contributed by atoms with Crippen molar-refractivity contribution in [2.75, 3.05) is 20.8 Å². The highest BCUT2D eigenvalue weighted by molar-refractivity contribution is 5.55. The molecule has 5 nitrogen and oxygen atoms in total. The van der Waals surface area contributed by atoms with Crippen LogP contribution in [0.4, 0.5) is 0 Å². The lowest BCUT2D eigenvalue weighted by molar-refractivity contribution is 0.491. The molecule has 5 heteroatoms. The highest BCUT2D eigenvalue weighted by Crippen LogP contribution is 2.19. The molecule has 0 radical (unpaired) electrons. The van der Waals surface area contributed by atoms with Crippen LogP contribution in [0.15, 0.2) is 29.3 Å². The van der Waals surface area contributed by atoms with Gasteiger partial charge in [-0.15, -0.1) is 0 Å². The van der Waals surface area contributed by atoms with Crippen LogP contribution in [0.2, 0.25) is 0 Å². The van der Waals surface area contributed by atoms with E-state index in [2.05, 4.69) is 34.4 Å². The van der Waals surface area contributed by atoms with Crippen LogP contribution < -0.4 is 16.0 Å². The molecule has 0 aliphatic heterocycles. The first kappa shape index (κ1) is 14.4. The molecule has 3 N–H and O–H groups in total. The van der Waals surface area contributed by atoms with Gasteiger partial charge < -0.3 is 20.9 Å². The van der Waals surface area contributed by atoms with Gasteiger partial charge in [0.25, 0.3) is 0 Å². The van der Waals surface area contributed by atoms with E-state index in [4.69, 9.17) is 0 Å². The van der Waals surface area contributed by atoms with E-state index in [0.29, 0.717) is 12.7 Å². The van der Waals surface area contributed by atoms with Crippen molar-refractivity contribution in [2.24, 2.45) is 4.99 Å². The molecule has 1 aliphatic carbocycles. The van der Waals surface area contributed by atoms with Crippen molar-refractivity contribution < 1.29 is 0 Å². The van der Waals surface area contributed by atoms with Gasteiger partial charge in [0.2, 0.25) is 0 Å². The highest BCUT2D eigenvalue weighted by atomic mass is 15.2. The third kappa shape index (κ3) is 6.18. The summed E-state index contributed by atoms with van der Waals surface area (Å²) in [5.74, 6) is 0.740. The van der Waals surface area contributed by atoms with E-state index in [-0.39, 0.29) is 0 Å². The first-order chi connectivity index (χ1) is 8.65. The summed E-state index contributed by atoms with van der Waals surface area (Å²) in [5.41, 5.74) is 1.18. The van der Waals surface area contributed by atoms with Crippen molar-refractivity contribution >= 4 is 6.34 Å². The summed E-state index contributed by atoms with van der Waals surface area (Å²) in [4.78, 5) is 6.23. The monoisotopic (exact) mass is 251 g/mol. The lowest BCUT2D eigenvalue weighted by atomic mass is 10.4.